The van der Waals surface area contributed by atoms with Gasteiger partial charge in [0.25, 0.3) is 0 Å². The summed E-state index contributed by atoms with van der Waals surface area (Å²) in [5.74, 6) is 0.626. The van der Waals surface area contributed by atoms with Crippen molar-refractivity contribution in [3.8, 4) is 22.6 Å². The lowest BCUT2D eigenvalue weighted by Crippen LogP contribution is -1.93. The van der Waals surface area contributed by atoms with Crippen LogP contribution < -0.4 is 0 Å². The molecule has 120 valence electrons. The number of aliphatic hydroxyl groups is 1. The molecule has 0 radical (unpaired) electrons. The highest BCUT2D eigenvalue weighted by Crippen LogP contribution is 2.29. The maximum atomic E-state index is 13.1. The molecule has 6 nitrogen and oxygen atoms in total. The number of hydrogen-bond acceptors (Lipinski definition) is 4. The van der Waals surface area contributed by atoms with Gasteiger partial charge in [-0.05, 0) is 49.4 Å². The van der Waals surface area contributed by atoms with Crippen molar-refractivity contribution in [2.75, 3.05) is 0 Å². The van der Waals surface area contributed by atoms with Crippen molar-refractivity contribution >= 4 is 10.9 Å². The quantitative estimate of drug-likeness (QED) is 0.540. The number of rotatable bonds is 3. The minimum absolute atomic E-state index is 0.286. The number of aromatic amines is 2. The molecule has 7 heteroatoms. The van der Waals surface area contributed by atoms with Crippen LogP contribution in [0.4, 0.5) is 4.39 Å². The lowest BCUT2D eigenvalue weighted by atomic mass is 10.1. The molecule has 0 aliphatic rings. The van der Waals surface area contributed by atoms with Gasteiger partial charge in [-0.25, -0.2) is 9.37 Å². The van der Waals surface area contributed by atoms with Gasteiger partial charge in [0.1, 0.15) is 11.9 Å². The summed E-state index contributed by atoms with van der Waals surface area (Å²) >= 11 is 0. The fourth-order valence-electron chi connectivity index (χ4n) is 2.57. The second kappa shape index (κ2) is 5.54. The molecule has 4 rings (SSSR count). The van der Waals surface area contributed by atoms with Gasteiger partial charge in [0, 0.05) is 16.5 Å². The summed E-state index contributed by atoms with van der Waals surface area (Å²) in [6, 6.07) is 11.9. The van der Waals surface area contributed by atoms with E-state index in [9.17, 15) is 9.50 Å². The molecular formula is C17H14FN5O. The van der Waals surface area contributed by atoms with Gasteiger partial charge in [0.05, 0.1) is 11.2 Å². The van der Waals surface area contributed by atoms with Crippen molar-refractivity contribution in [2.45, 2.75) is 13.0 Å². The maximum absolute atomic E-state index is 13.1. The third-order valence-electron chi connectivity index (χ3n) is 3.84. The van der Waals surface area contributed by atoms with Crippen LogP contribution in [0, 0.1) is 5.82 Å². The highest BCUT2D eigenvalue weighted by molar-refractivity contribution is 5.95. The SMILES string of the molecule is CC(O)c1nc(-c2ccc3[nH]nc(-c4ccc(F)cc4)c3c2)n[nH]1. The lowest BCUT2D eigenvalue weighted by molar-refractivity contribution is 0.189. The van der Waals surface area contributed by atoms with Crippen LogP contribution in [-0.4, -0.2) is 30.5 Å². The Morgan fingerprint density at radius 2 is 1.75 bits per heavy atom. The van der Waals surface area contributed by atoms with Crippen LogP contribution in [0.1, 0.15) is 18.9 Å². The average Bonchev–Trinajstić information content (AvgIpc) is 3.22. The summed E-state index contributed by atoms with van der Waals surface area (Å²) in [5, 5.41) is 24.6. The Morgan fingerprint density at radius 3 is 2.46 bits per heavy atom. The van der Waals surface area contributed by atoms with Crippen molar-refractivity contribution in [3.05, 3.63) is 54.1 Å². The van der Waals surface area contributed by atoms with Crippen LogP contribution in [0.15, 0.2) is 42.5 Å². The molecule has 0 saturated carbocycles. The van der Waals surface area contributed by atoms with E-state index in [1.54, 1.807) is 19.1 Å². The van der Waals surface area contributed by atoms with Crippen molar-refractivity contribution in [1.29, 1.82) is 0 Å². The van der Waals surface area contributed by atoms with Gasteiger partial charge in [0.15, 0.2) is 11.6 Å². The summed E-state index contributed by atoms with van der Waals surface area (Å²) in [6.45, 7) is 1.62. The van der Waals surface area contributed by atoms with Crippen LogP contribution >= 0.6 is 0 Å². The number of nitrogens with one attached hydrogen (secondary N) is 2. The van der Waals surface area contributed by atoms with Crippen molar-refractivity contribution in [2.24, 2.45) is 0 Å². The lowest BCUT2D eigenvalue weighted by Gasteiger charge is -2.00. The Labute approximate surface area is 136 Å². The van der Waals surface area contributed by atoms with E-state index >= 15 is 0 Å². The van der Waals surface area contributed by atoms with Gasteiger partial charge in [-0.2, -0.15) is 10.2 Å². The van der Waals surface area contributed by atoms with E-state index in [4.69, 9.17) is 0 Å². The molecule has 0 spiro atoms. The third-order valence-corrected chi connectivity index (χ3v) is 3.84. The Kier molecular flexibility index (Phi) is 3.35. The van der Waals surface area contributed by atoms with Gasteiger partial charge < -0.3 is 5.11 Å². The zero-order chi connectivity index (χ0) is 16.7. The highest BCUT2D eigenvalue weighted by atomic mass is 19.1. The Balaban J connectivity index is 1.82. The smallest absolute Gasteiger partial charge is 0.181 e. The number of hydrogen-bond donors (Lipinski definition) is 3. The number of fused-ring (bicyclic) bond motifs is 1. The molecule has 0 aliphatic carbocycles. The molecule has 2 heterocycles. The van der Waals surface area contributed by atoms with E-state index < -0.39 is 6.10 Å². The summed E-state index contributed by atoms with van der Waals surface area (Å²) < 4.78 is 13.1. The van der Waals surface area contributed by atoms with Crippen LogP contribution in [0.2, 0.25) is 0 Å². The predicted octanol–water partition coefficient (Wildman–Crippen LogP) is 3.21. The molecule has 1 unspecified atom stereocenters. The first kappa shape index (κ1) is 14.5. The molecule has 0 amide bonds. The average molecular weight is 323 g/mol. The van der Waals surface area contributed by atoms with Crippen molar-refractivity contribution < 1.29 is 9.50 Å². The number of halogens is 1. The molecule has 3 N–H and O–H groups in total. The Bertz CT molecular complexity index is 1000. The monoisotopic (exact) mass is 323 g/mol. The minimum Gasteiger partial charge on any atom is -0.385 e. The van der Waals surface area contributed by atoms with E-state index in [1.807, 2.05) is 18.2 Å². The maximum Gasteiger partial charge on any atom is 0.181 e. The Morgan fingerprint density at radius 1 is 1.00 bits per heavy atom. The molecule has 0 bridgehead atoms. The van der Waals surface area contributed by atoms with Crippen LogP contribution in [0.25, 0.3) is 33.5 Å². The van der Waals surface area contributed by atoms with Gasteiger partial charge in [-0.1, -0.05) is 0 Å². The molecule has 0 saturated heterocycles. The molecule has 1 atom stereocenters. The van der Waals surface area contributed by atoms with Crippen LogP contribution in [0.5, 0.6) is 0 Å². The zero-order valence-electron chi connectivity index (χ0n) is 12.8. The molecule has 2 aromatic carbocycles. The van der Waals surface area contributed by atoms with Crippen molar-refractivity contribution in [3.63, 3.8) is 0 Å². The normalized spacial score (nSPS) is 12.6. The van der Waals surface area contributed by atoms with E-state index in [1.165, 1.54) is 12.1 Å². The van der Waals surface area contributed by atoms with Gasteiger partial charge >= 0.3 is 0 Å². The van der Waals surface area contributed by atoms with Gasteiger partial charge in [-0.3, -0.25) is 10.2 Å². The first-order valence-electron chi connectivity index (χ1n) is 7.46. The van der Waals surface area contributed by atoms with Gasteiger partial charge in [0.2, 0.25) is 0 Å². The Hall–Kier alpha value is -3.06. The van der Waals surface area contributed by atoms with E-state index in [0.717, 1.165) is 27.7 Å². The van der Waals surface area contributed by atoms with E-state index in [-0.39, 0.29) is 5.82 Å². The summed E-state index contributed by atoms with van der Waals surface area (Å²) in [5.41, 5.74) is 3.22. The van der Waals surface area contributed by atoms with Crippen LogP contribution in [-0.2, 0) is 0 Å². The fourth-order valence-corrected chi connectivity index (χ4v) is 2.57. The summed E-state index contributed by atoms with van der Waals surface area (Å²) in [6.07, 6.45) is -0.710. The first-order valence-corrected chi connectivity index (χ1v) is 7.46. The number of aliphatic hydroxyl groups excluding tert-OH is 1. The summed E-state index contributed by atoms with van der Waals surface area (Å²) in [4.78, 5) is 4.29. The predicted molar refractivity (Wildman–Crippen MR) is 87.5 cm³/mol. The minimum atomic E-state index is -0.710. The van der Waals surface area contributed by atoms with Gasteiger partial charge in [-0.15, -0.1) is 0 Å². The second-order valence-corrected chi connectivity index (χ2v) is 5.56. The first-order chi connectivity index (χ1) is 11.6. The molecule has 4 aromatic rings. The summed E-state index contributed by atoms with van der Waals surface area (Å²) in [7, 11) is 0. The molecule has 24 heavy (non-hydrogen) atoms. The fraction of sp³-hybridized carbons (Fsp3) is 0.118. The molecule has 2 aromatic heterocycles. The molecule has 0 fully saturated rings. The van der Waals surface area contributed by atoms with Crippen molar-refractivity contribution in [1.82, 2.24) is 25.4 Å². The number of H-pyrrole nitrogens is 2. The van der Waals surface area contributed by atoms with E-state index in [0.29, 0.717) is 11.6 Å². The molecular weight excluding hydrogens is 309 g/mol. The standard InChI is InChI=1S/C17H14FN5O/c1-9(24)16-19-17(23-22-16)11-4-7-14-13(8-11)15(21-20-14)10-2-5-12(18)6-3-10/h2-9,24H,1H3,(H,20,21)(H,19,22,23). The molecule has 0 aliphatic heterocycles. The number of aromatic nitrogens is 5. The third kappa shape index (κ3) is 2.44. The van der Waals surface area contributed by atoms with Crippen LogP contribution in [0.3, 0.4) is 0 Å². The second-order valence-electron chi connectivity index (χ2n) is 5.56. The number of nitrogens with zero attached hydrogens (tertiary/aromatic N) is 3. The van der Waals surface area contributed by atoms with E-state index in [2.05, 4.69) is 25.4 Å². The highest BCUT2D eigenvalue weighted by Gasteiger charge is 2.13. The topological polar surface area (TPSA) is 90.5 Å². The largest absolute Gasteiger partial charge is 0.385 e. The zero-order valence-corrected chi connectivity index (χ0v) is 12.8. The number of benzene rings is 2.